The molecule has 9 heteroatoms. The molecule has 122 valence electrons. The van der Waals surface area contributed by atoms with Gasteiger partial charge in [-0.1, -0.05) is 23.2 Å². The lowest BCUT2D eigenvalue weighted by molar-refractivity contribution is -0.193. The average Bonchev–Trinajstić information content (AvgIpc) is 2.75. The van der Waals surface area contributed by atoms with E-state index in [0.717, 1.165) is 38.4 Å². The molecule has 1 saturated heterocycles. The van der Waals surface area contributed by atoms with E-state index in [0.29, 0.717) is 0 Å². The van der Waals surface area contributed by atoms with Crippen LogP contribution in [0.4, 0.5) is 0 Å². The van der Waals surface area contributed by atoms with Gasteiger partial charge < -0.3 is 14.2 Å². The van der Waals surface area contributed by atoms with Gasteiger partial charge in [0.1, 0.15) is 12.2 Å². The van der Waals surface area contributed by atoms with Crippen molar-refractivity contribution >= 4 is 26.9 Å². The molecule has 7 nitrogen and oxygen atoms in total. The topological polar surface area (TPSA) is 83.4 Å². The maximum absolute atomic E-state index is 11.0. The van der Waals surface area contributed by atoms with Crippen LogP contribution in [0.1, 0.15) is 32.1 Å². The molecule has 1 spiro atoms. The molecule has 2 atom stereocenters. The van der Waals surface area contributed by atoms with Gasteiger partial charge >= 0.3 is 10.1 Å². The predicted octanol–water partition coefficient (Wildman–Crippen LogP) is 1.61. The SMILES string of the molecule is COC[C@@H]1OC2(CCCCC2)O[C@H]1C(Cl)=NOS(C)(=O)=O. The van der Waals surface area contributed by atoms with Gasteiger partial charge in [-0.3, -0.25) is 4.28 Å². The second-order valence-corrected chi connectivity index (χ2v) is 7.26. The zero-order valence-electron chi connectivity index (χ0n) is 12.1. The Morgan fingerprint density at radius 2 is 2.00 bits per heavy atom. The molecule has 1 aliphatic heterocycles. The Kier molecular flexibility index (Phi) is 5.48. The lowest BCUT2D eigenvalue weighted by atomic mass is 9.94. The first-order valence-electron chi connectivity index (χ1n) is 6.82. The third kappa shape index (κ3) is 4.53. The van der Waals surface area contributed by atoms with Crippen LogP contribution in [0, 0.1) is 0 Å². The molecule has 2 fully saturated rings. The molecule has 0 aromatic heterocycles. The lowest BCUT2D eigenvalue weighted by Gasteiger charge is -2.31. The second kappa shape index (κ2) is 6.78. The van der Waals surface area contributed by atoms with Crippen molar-refractivity contribution in [3.05, 3.63) is 0 Å². The fraction of sp³-hybridized carbons (Fsp3) is 0.917. The van der Waals surface area contributed by atoms with Crippen LogP contribution < -0.4 is 0 Å². The van der Waals surface area contributed by atoms with Crippen molar-refractivity contribution in [2.24, 2.45) is 5.16 Å². The first-order valence-corrected chi connectivity index (χ1v) is 9.01. The van der Waals surface area contributed by atoms with Gasteiger partial charge in [0.2, 0.25) is 0 Å². The summed E-state index contributed by atoms with van der Waals surface area (Å²) in [6, 6.07) is 0. The van der Waals surface area contributed by atoms with Gasteiger partial charge in [-0.25, -0.2) is 0 Å². The summed E-state index contributed by atoms with van der Waals surface area (Å²) >= 11 is 6.03. The second-order valence-electron chi connectivity index (χ2n) is 5.31. The van der Waals surface area contributed by atoms with E-state index < -0.39 is 28.1 Å². The Balaban J connectivity index is 2.11. The maximum Gasteiger partial charge on any atom is 0.325 e. The summed E-state index contributed by atoms with van der Waals surface area (Å²) in [4.78, 5) is 0. The quantitative estimate of drug-likeness (QED) is 0.558. The van der Waals surface area contributed by atoms with Crippen LogP contribution >= 0.6 is 11.6 Å². The fourth-order valence-corrected chi connectivity index (χ4v) is 3.12. The summed E-state index contributed by atoms with van der Waals surface area (Å²) in [5.74, 6) is -0.674. The summed E-state index contributed by atoms with van der Waals surface area (Å²) < 4.78 is 43.3. The number of hydrogen-bond acceptors (Lipinski definition) is 7. The molecule has 1 aliphatic carbocycles. The fourth-order valence-electron chi connectivity index (χ4n) is 2.64. The van der Waals surface area contributed by atoms with E-state index >= 15 is 0 Å². The molecule has 0 amide bonds. The molecule has 1 heterocycles. The lowest BCUT2D eigenvalue weighted by Crippen LogP contribution is -2.34. The molecule has 2 aliphatic rings. The summed E-state index contributed by atoms with van der Waals surface area (Å²) in [5.41, 5.74) is 0. The minimum absolute atomic E-state index is 0.0927. The monoisotopic (exact) mass is 341 g/mol. The number of oxime groups is 1. The van der Waals surface area contributed by atoms with Crippen LogP contribution in [0.25, 0.3) is 0 Å². The molecule has 0 aromatic carbocycles. The molecular formula is C12H20ClNO6S. The molecule has 0 radical (unpaired) electrons. The Hall–Kier alpha value is -0.410. The highest BCUT2D eigenvalue weighted by atomic mass is 35.5. The molecule has 0 bridgehead atoms. The van der Waals surface area contributed by atoms with Crippen molar-refractivity contribution in [2.75, 3.05) is 20.0 Å². The molecule has 21 heavy (non-hydrogen) atoms. The number of ether oxygens (including phenoxy) is 3. The van der Waals surface area contributed by atoms with Gasteiger partial charge in [-0.15, -0.1) is 0 Å². The van der Waals surface area contributed by atoms with E-state index in [9.17, 15) is 8.42 Å². The third-order valence-electron chi connectivity index (χ3n) is 3.49. The molecule has 2 rings (SSSR count). The van der Waals surface area contributed by atoms with E-state index in [1.165, 1.54) is 0 Å². The zero-order chi connectivity index (χ0) is 15.5. The standard InChI is InChI=1S/C12H20ClNO6S/c1-17-8-9-10(11(13)14-20-21(2,15)16)19-12(18-9)6-4-3-5-7-12/h9-10H,3-8H2,1-2H3/t9-,10+/m0/s1. The van der Waals surface area contributed by atoms with Gasteiger partial charge in [0.15, 0.2) is 11.0 Å². The summed E-state index contributed by atoms with van der Waals surface area (Å²) in [7, 11) is -2.17. The van der Waals surface area contributed by atoms with E-state index in [-0.39, 0.29) is 11.8 Å². The Labute approximate surface area is 129 Å². The van der Waals surface area contributed by atoms with Crippen LogP contribution in [0.5, 0.6) is 0 Å². The van der Waals surface area contributed by atoms with E-state index in [1.54, 1.807) is 7.11 Å². The van der Waals surface area contributed by atoms with Crippen molar-refractivity contribution in [1.82, 2.24) is 0 Å². The molecule has 0 aromatic rings. The number of hydrogen-bond donors (Lipinski definition) is 0. The van der Waals surface area contributed by atoms with Crippen molar-refractivity contribution < 1.29 is 26.9 Å². The predicted molar refractivity (Wildman–Crippen MR) is 76.7 cm³/mol. The van der Waals surface area contributed by atoms with Crippen molar-refractivity contribution in [1.29, 1.82) is 0 Å². The third-order valence-corrected chi connectivity index (χ3v) is 4.12. The summed E-state index contributed by atoms with van der Waals surface area (Å²) in [6.45, 7) is 0.275. The van der Waals surface area contributed by atoms with Crippen molar-refractivity contribution in [3.8, 4) is 0 Å². The largest absolute Gasteiger partial charge is 0.382 e. The number of halogens is 1. The highest BCUT2D eigenvalue weighted by Crippen LogP contribution is 2.41. The highest BCUT2D eigenvalue weighted by molar-refractivity contribution is 7.85. The zero-order valence-corrected chi connectivity index (χ0v) is 13.7. The molecule has 0 N–H and O–H groups in total. The summed E-state index contributed by atoms with van der Waals surface area (Å²) in [5, 5.41) is 3.33. The first kappa shape index (κ1) is 17.0. The van der Waals surface area contributed by atoms with E-state index in [4.69, 9.17) is 25.8 Å². The number of nitrogens with zero attached hydrogens (tertiary/aromatic N) is 1. The minimum Gasteiger partial charge on any atom is -0.382 e. The molecule has 1 saturated carbocycles. The van der Waals surface area contributed by atoms with Gasteiger partial charge in [0.05, 0.1) is 12.9 Å². The van der Waals surface area contributed by atoms with Crippen LogP contribution in [0.15, 0.2) is 5.16 Å². The molecular weight excluding hydrogens is 322 g/mol. The van der Waals surface area contributed by atoms with E-state index in [2.05, 4.69) is 9.44 Å². The summed E-state index contributed by atoms with van der Waals surface area (Å²) in [6.07, 6.45) is 4.50. The van der Waals surface area contributed by atoms with Gasteiger partial charge in [0, 0.05) is 20.0 Å². The molecule has 0 unspecified atom stereocenters. The van der Waals surface area contributed by atoms with Crippen molar-refractivity contribution in [2.45, 2.75) is 50.1 Å². The first-order chi connectivity index (χ1) is 9.85. The Morgan fingerprint density at radius 1 is 1.33 bits per heavy atom. The number of methoxy groups -OCH3 is 1. The highest BCUT2D eigenvalue weighted by Gasteiger charge is 2.49. The number of rotatable bonds is 5. The van der Waals surface area contributed by atoms with Crippen LogP contribution in [-0.2, 0) is 28.6 Å². The minimum atomic E-state index is -3.71. The van der Waals surface area contributed by atoms with Gasteiger partial charge in [-0.2, -0.15) is 8.42 Å². The normalized spacial score (nSPS) is 29.8. The smallest absolute Gasteiger partial charge is 0.325 e. The van der Waals surface area contributed by atoms with E-state index in [1.807, 2.05) is 0 Å². The van der Waals surface area contributed by atoms with Crippen molar-refractivity contribution in [3.63, 3.8) is 0 Å². The van der Waals surface area contributed by atoms with Crippen LogP contribution in [0.3, 0.4) is 0 Å². The Bertz CT molecular complexity index is 488. The van der Waals surface area contributed by atoms with Crippen LogP contribution in [-0.4, -0.2) is 51.6 Å². The van der Waals surface area contributed by atoms with Crippen LogP contribution in [0.2, 0.25) is 0 Å². The maximum atomic E-state index is 11.0. The van der Waals surface area contributed by atoms with Gasteiger partial charge in [-0.05, 0) is 12.8 Å². The Morgan fingerprint density at radius 3 is 2.57 bits per heavy atom. The van der Waals surface area contributed by atoms with Gasteiger partial charge in [0.25, 0.3) is 0 Å². The average molecular weight is 342 g/mol.